The summed E-state index contributed by atoms with van der Waals surface area (Å²) in [5, 5.41) is 8.33. The van der Waals surface area contributed by atoms with E-state index in [-0.39, 0.29) is 17.9 Å². The molecule has 0 saturated heterocycles. The molecule has 90 valence electrons. The summed E-state index contributed by atoms with van der Waals surface area (Å²) < 4.78 is 9.99. The van der Waals surface area contributed by atoms with Crippen molar-refractivity contribution in [1.82, 2.24) is 0 Å². The van der Waals surface area contributed by atoms with E-state index in [0.717, 1.165) is 0 Å². The first-order valence-corrected chi connectivity index (χ1v) is 5.17. The van der Waals surface area contributed by atoms with Crippen LogP contribution < -0.4 is 10.5 Å². The van der Waals surface area contributed by atoms with Crippen molar-refractivity contribution in [3.8, 4) is 11.8 Å². The summed E-state index contributed by atoms with van der Waals surface area (Å²) in [6, 6.07) is 6.88. The fraction of sp³-hybridized carbons (Fsp3) is 0.333. The zero-order valence-corrected chi connectivity index (χ0v) is 9.60. The van der Waals surface area contributed by atoms with Gasteiger partial charge < -0.3 is 15.2 Å². The van der Waals surface area contributed by atoms with Gasteiger partial charge in [0.2, 0.25) is 0 Å². The molecule has 0 unspecified atom stereocenters. The molecule has 0 aliphatic carbocycles. The molecule has 0 atom stereocenters. The standard InChI is InChI=1S/C12H14N2O3/c1-16-10-6-4-5-9(11(10)14)12(15)17-8-3-2-7-13/h4-6H,2-3,8,14H2,1H3. The van der Waals surface area contributed by atoms with Crippen molar-refractivity contribution in [3.05, 3.63) is 23.8 Å². The molecule has 0 heterocycles. The molecular formula is C12H14N2O3. The molecule has 17 heavy (non-hydrogen) atoms. The Hall–Kier alpha value is -2.22. The highest BCUT2D eigenvalue weighted by Gasteiger charge is 2.13. The van der Waals surface area contributed by atoms with Gasteiger partial charge in [0.1, 0.15) is 5.75 Å². The number of rotatable bonds is 5. The zero-order chi connectivity index (χ0) is 12.7. The number of hydrogen-bond donors (Lipinski definition) is 1. The number of hydrogen-bond acceptors (Lipinski definition) is 5. The van der Waals surface area contributed by atoms with E-state index < -0.39 is 5.97 Å². The van der Waals surface area contributed by atoms with Crippen molar-refractivity contribution in [2.24, 2.45) is 0 Å². The molecule has 1 aromatic rings. The Morgan fingerprint density at radius 1 is 1.53 bits per heavy atom. The van der Waals surface area contributed by atoms with Crippen LogP contribution in [0.4, 0.5) is 5.69 Å². The molecule has 5 heteroatoms. The highest BCUT2D eigenvalue weighted by Crippen LogP contribution is 2.25. The minimum Gasteiger partial charge on any atom is -0.495 e. The fourth-order valence-electron chi connectivity index (χ4n) is 1.29. The molecular weight excluding hydrogens is 220 g/mol. The second-order valence-electron chi connectivity index (χ2n) is 3.32. The molecule has 0 saturated carbocycles. The predicted octanol–water partition coefficient (Wildman–Crippen LogP) is 1.74. The molecule has 0 aliphatic heterocycles. The molecule has 1 rings (SSSR count). The molecule has 2 N–H and O–H groups in total. The molecule has 1 aromatic carbocycles. The van der Waals surface area contributed by atoms with Gasteiger partial charge in [0, 0.05) is 6.42 Å². The number of ether oxygens (including phenoxy) is 2. The Bertz CT molecular complexity index is 438. The van der Waals surface area contributed by atoms with Gasteiger partial charge in [-0.05, 0) is 18.6 Å². The highest BCUT2D eigenvalue weighted by atomic mass is 16.5. The van der Waals surface area contributed by atoms with Gasteiger partial charge in [-0.2, -0.15) is 5.26 Å². The first-order valence-electron chi connectivity index (χ1n) is 5.17. The van der Waals surface area contributed by atoms with E-state index in [1.165, 1.54) is 7.11 Å². The van der Waals surface area contributed by atoms with E-state index >= 15 is 0 Å². The second kappa shape index (κ2) is 6.38. The maximum Gasteiger partial charge on any atom is 0.340 e. The lowest BCUT2D eigenvalue weighted by Gasteiger charge is -2.09. The maximum atomic E-state index is 11.7. The lowest BCUT2D eigenvalue weighted by atomic mass is 10.1. The monoisotopic (exact) mass is 234 g/mol. The molecule has 0 amide bonds. The van der Waals surface area contributed by atoms with Crippen LogP contribution >= 0.6 is 0 Å². The van der Waals surface area contributed by atoms with Gasteiger partial charge >= 0.3 is 5.97 Å². The Labute approximate surface area is 99.7 Å². The first kappa shape index (κ1) is 12.8. The second-order valence-corrected chi connectivity index (χ2v) is 3.32. The number of para-hydroxylation sites is 1. The van der Waals surface area contributed by atoms with E-state index in [1.807, 2.05) is 6.07 Å². The van der Waals surface area contributed by atoms with Crippen LogP contribution in [0.15, 0.2) is 18.2 Å². The average Bonchev–Trinajstić information content (AvgIpc) is 2.34. The largest absolute Gasteiger partial charge is 0.495 e. The summed E-state index contributed by atoms with van der Waals surface area (Å²) in [7, 11) is 1.48. The van der Waals surface area contributed by atoms with Crippen LogP contribution in [0.1, 0.15) is 23.2 Å². The predicted molar refractivity (Wildman–Crippen MR) is 62.5 cm³/mol. The van der Waals surface area contributed by atoms with E-state index in [9.17, 15) is 4.79 Å². The zero-order valence-electron chi connectivity index (χ0n) is 9.60. The average molecular weight is 234 g/mol. The van der Waals surface area contributed by atoms with Crippen molar-refractivity contribution in [1.29, 1.82) is 5.26 Å². The number of carbonyl (C=O) groups excluding carboxylic acids is 1. The van der Waals surface area contributed by atoms with Crippen LogP contribution in [0, 0.1) is 11.3 Å². The van der Waals surface area contributed by atoms with E-state index in [4.69, 9.17) is 20.5 Å². The van der Waals surface area contributed by atoms with Crippen LogP contribution in [0.2, 0.25) is 0 Å². The number of nitrogen functional groups attached to an aromatic ring is 1. The van der Waals surface area contributed by atoms with Gasteiger partial charge in [0.25, 0.3) is 0 Å². The number of benzene rings is 1. The number of nitrogens with two attached hydrogens (primary N) is 1. The number of carbonyl (C=O) groups is 1. The lowest BCUT2D eigenvalue weighted by molar-refractivity contribution is 0.0502. The molecule has 0 bridgehead atoms. The summed E-state index contributed by atoms with van der Waals surface area (Å²) in [5.41, 5.74) is 6.29. The first-order chi connectivity index (χ1) is 8.20. The quantitative estimate of drug-likeness (QED) is 0.476. The summed E-state index contributed by atoms with van der Waals surface area (Å²) in [6.07, 6.45) is 0.882. The summed E-state index contributed by atoms with van der Waals surface area (Å²) in [6.45, 7) is 0.211. The molecule has 5 nitrogen and oxygen atoms in total. The van der Waals surface area contributed by atoms with Crippen LogP contribution in [0.3, 0.4) is 0 Å². The van der Waals surface area contributed by atoms with Crippen molar-refractivity contribution in [2.45, 2.75) is 12.8 Å². The Morgan fingerprint density at radius 3 is 2.94 bits per heavy atom. The Balaban J connectivity index is 2.66. The van der Waals surface area contributed by atoms with Gasteiger partial charge in [-0.25, -0.2) is 4.79 Å². The summed E-state index contributed by atoms with van der Waals surface area (Å²) in [5.74, 6) is -0.0594. The fourth-order valence-corrected chi connectivity index (χ4v) is 1.29. The van der Waals surface area contributed by atoms with Gasteiger partial charge in [-0.3, -0.25) is 0 Å². The van der Waals surface area contributed by atoms with Gasteiger partial charge in [-0.15, -0.1) is 0 Å². The molecule has 0 spiro atoms. The van der Waals surface area contributed by atoms with E-state index in [2.05, 4.69) is 0 Å². The van der Waals surface area contributed by atoms with Crippen molar-refractivity contribution >= 4 is 11.7 Å². The molecule has 0 aromatic heterocycles. The summed E-state index contributed by atoms with van der Waals surface area (Å²) >= 11 is 0. The smallest absolute Gasteiger partial charge is 0.340 e. The number of anilines is 1. The number of unbranched alkanes of at least 4 members (excludes halogenated alkanes) is 1. The van der Waals surface area contributed by atoms with Gasteiger partial charge in [-0.1, -0.05) is 6.07 Å². The number of nitrogens with zero attached hydrogens (tertiary/aromatic N) is 1. The van der Waals surface area contributed by atoms with Gasteiger partial charge in [0.15, 0.2) is 0 Å². The third-order valence-corrected chi connectivity index (χ3v) is 2.17. The Morgan fingerprint density at radius 2 is 2.29 bits per heavy atom. The van der Waals surface area contributed by atoms with Crippen molar-refractivity contribution < 1.29 is 14.3 Å². The number of nitriles is 1. The van der Waals surface area contributed by atoms with Crippen molar-refractivity contribution in [2.75, 3.05) is 19.5 Å². The van der Waals surface area contributed by atoms with E-state index in [1.54, 1.807) is 18.2 Å². The third-order valence-electron chi connectivity index (χ3n) is 2.17. The van der Waals surface area contributed by atoms with Gasteiger partial charge in [0.05, 0.1) is 31.0 Å². The van der Waals surface area contributed by atoms with E-state index in [0.29, 0.717) is 18.6 Å². The van der Waals surface area contributed by atoms with Crippen LogP contribution in [-0.4, -0.2) is 19.7 Å². The maximum absolute atomic E-state index is 11.7. The lowest BCUT2D eigenvalue weighted by Crippen LogP contribution is -2.10. The number of methoxy groups -OCH3 is 1. The minimum atomic E-state index is -0.501. The molecule has 0 fully saturated rings. The molecule has 0 aliphatic rings. The van der Waals surface area contributed by atoms with Crippen molar-refractivity contribution in [3.63, 3.8) is 0 Å². The minimum absolute atomic E-state index is 0.211. The van der Waals surface area contributed by atoms with Crippen LogP contribution in [-0.2, 0) is 4.74 Å². The Kier molecular flexibility index (Phi) is 4.82. The number of esters is 1. The third kappa shape index (κ3) is 3.38. The molecule has 0 radical (unpaired) electrons. The normalized spacial score (nSPS) is 9.41. The highest BCUT2D eigenvalue weighted by molar-refractivity contribution is 5.96. The topological polar surface area (TPSA) is 85.3 Å². The van der Waals surface area contributed by atoms with Crippen LogP contribution in [0.25, 0.3) is 0 Å². The summed E-state index contributed by atoms with van der Waals surface area (Å²) in [4.78, 5) is 11.7. The van der Waals surface area contributed by atoms with Crippen LogP contribution in [0.5, 0.6) is 5.75 Å². The SMILES string of the molecule is COc1cccc(C(=O)OCCCC#N)c1N.